The molecular weight excluding hydrogens is 312 g/mol. The highest BCUT2D eigenvalue weighted by Crippen LogP contribution is 2.34. The number of anilines is 3. The van der Waals surface area contributed by atoms with Crippen molar-refractivity contribution in [2.75, 3.05) is 11.1 Å². The molecule has 0 spiro atoms. The third-order valence-corrected chi connectivity index (χ3v) is 4.46. The standard InChI is InChI=1S/C20H18N4O/c21-19-18-16(23-20(24-19)22-15-9-5-2-6-10-15)11-14(12-17(18)25)13-7-3-1-4-8-13/h1-10,14H,11-12H2,(H3,21,22,23,24). The summed E-state index contributed by atoms with van der Waals surface area (Å²) in [6, 6.07) is 19.7. The lowest BCUT2D eigenvalue weighted by Crippen LogP contribution is -2.23. The van der Waals surface area contributed by atoms with Crippen LogP contribution in [0, 0.1) is 0 Å². The second kappa shape index (κ2) is 6.36. The molecule has 25 heavy (non-hydrogen) atoms. The van der Waals surface area contributed by atoms with Crippen LogP contribution in [0.3, 0.4) is 0 Å². The number of aromatic nitrogens is 2. The minimum atomic E-state index is 0.0128. The molecule has 1 aromatic heterocycles. The van der Waals surface area contributed by atoms with Crippen LogP contribution in [0.4, 0.5) is 17.5 Å². The number of carbonyl (C=O) groups excluding carboxylic acids is 1. The molecule has 1 heterocycles. The van der Waals surface area contributed by atoms with E-state index < -0.39 is 0 Å². The van der Waals surface area contributed by atoms with Gasteiger partial charge in [-0.25, -0.2) is 4.98 Å². The molecule has 1 unspecified atom stereocenters. The van der Waals surface area contributed by atoms with Crippen LogP contribution in [-0.4, -0.2) is 15.8 Å². The Balaban J connectivity index is 1.68. The Morgan fingerprint density at radius 2 is 1.60 bits per heavy atom. The van der Waals surface area contributed by atoms with Gasteiger partial charge in [-0.15, -0.1) is 0 Å². The first-order valence-electron chi connectivity index (χ1n) is 8.27. The Kier molecular flexibility index (Phi) is 3.90. The molecule has 1 aliphatic carbocycles. The number of Topliss-reactive ketones (excluding diaryl/α,β-unsaturated/α-hetero) is 1. The SMILES string of the molecule is Nc1nc(Nc2ccccc2)nc2c1C(=O)CC(c1ccccc1)C2. The lowest BCUT2D eigenvalue weighted by Gasteiger charge is -2.24. The van der Waals surface area contributed by atoms with Gasteiger partial charge in [-0.05, 0) is 30.0 Å². The van der Waals surface area contributed by atoms with Crippen LogP contribution in [0.1, 0.15) is 34.0 Å². The molecule has 2 aromatic carbocycles. The number of nitrogens with one attached hydrogen (secondary N) is 1. The van der Waals surface area contributed by atoms with E-state index in [4.69, 9.17) is 5.73 Å². The van der Waals surface area contributed by atoms with E-state index >= 15 is 0 Å². The van der Waals surface area contributed by atoms with Gasteiger partial charge < -0.3 is 11.1 Å². The van der Waals surface area contributed by atoms with Crippen molar-refractivity contribution < 1.29 is 4.79 Å². The monoisotopic (exact) mass is 330 g/mol. The van der Waals surface area contributed by atoms with Crippen molar-refractivity contribution in [3.8, 4) is 0 Å². The van der Waals surface area contributed by atoms with Crippen molar-refractivity contribution in [1.29, 1.82) is 0 Å². The van der Waals surface area contributed by atoms with Gasteiger partial charge in [0.25, 0.3) is 0 Å². The Bertz CT molecular complexity index is 910. The molecule has 0 amide bonds. The van der Waals surface area contributed by atoms with Gasteiger partial charge in [0.2, 0.25) is 5.95 Å². The highest BCUT2D eigenvalue weighted by atomic mass is 16.1. The van der Waals surface area contributed by atoms with Crippen molar-refractivity contribution in [2.45, 2.75) is 18.8 Å². The van der Waals surface area contributed by atoms with E-state index in [-0.39, 0.29) is 17.5 Å². The maximum atomic E-state index is 12.6. The number of nitrogens with two attached hydrogens (primary N) is 1. The number of carbonyl (C=O) groups is 1. The number of nitrogens with zero attached hydrogens (tertiary/aromatic N) is 2. The highest BCUT2D eigenvalue weighted by molar-refractivity contribution is 6.02. The summed E-state index contributed by atoms with van der Waals surface area (Å²) in [5.41, 5.74) is 9.28. The minimum absolute atomic E-state index is 0.0128. The molecule has 3 N–H and O–H groups in total. The number of nitrogen functional groups attached to an aromatic ring is 1. The van der Waals surface area contributed by atoms with E-state index in [2.05, 4.69) is 27.4 Å². The summed E-state index contributed by atoms with van der Waals surface area (Å²) in [6.07, 6.45) is 1.12. The second-order valence-electron chi connectivity index (χ2n) is 6.18. The van der Waals surface area contributed by atoms with Crippen molar-refractivity contribution >= 4 is 23.2 Å². The van der Waals surface area contributed by atoms with Crippen LogP contribution >= 0.6 is 0 Å². The van der Waals surface area contributed by atoms with E-state index in [9.17, 15) is 4.79 Å². The fraction of sp³-hybridized carbons (Fsp3) is 0.150. The molecule has 1 atom stereocenters. The maximum absolute atomic E-state index is 12.6. The van der Waals surface area contributed by atoms with Gasteiger partial charge in [0.05, 0.1) is 11.3 Å². The van der Waals surface area contributed by atoms with Gasteiger partial charge in [0.15, 0.2) is 5.78 Å². The molecule has 1 aliphatic rings. The molecule has 0 radical (unpaired) electrons. The van der Waals surface area contributed by atoms with E-state index in [0.717, 1.165) is 16.9 Å². The quantitative estimate of drug-likeness (QED) is 0.765. The van der Waals surface area contributed by atoms with Gasteiger partial charge in [-0.2, -0.15) is 4.98 Å². The average molecular weight is 330 g/mol. The fourth-order valence-corrected chi connectivity index (χ4v) is 3.28. The van der Waals surface area contributed by atoms with Crippen LogP contribution in [0.2, 0.25) is 0 Å². The lowest BCUT2D eigenvalue weighted by molar-refractivity contribution is 0.0964. The first-order valence-corrected chi connectivity index (χ1v) is 8.27. The second-order valence-corrected chi connectivity index (χ2v) is 6.18. The molecule has 0 fully saturated rings. The number of ketones is 1. The van der Waals surface area contributed by atoms with E-state index in [1.165, 1.54) is 0 Å². The first-order chi connectivity index (χ1) is 12.2. The molecule has 5 nitrogen and oxygen atoms in total. The van der Waals surface area contributed by atoms with E-state index in [0.29, 0.717) is 24.4 Å². The first kappa shape index (κ1) is 15.3. The Labute approximate surface area is 145 Å². The zero-order valence-electron chi connectivity index (χ0n) is 13.6. The third kappa shape index (κ3) is 3.08. The Hall–Kier alpha value is -3.21. The number of hydrogen-bond donors (Lipinski definition) is 2. The molecule has 4 rings (SSSR count). The van der Waals surface area contributed by atoms with Crippen molar-refractivity contribution in [1.82, 2.24) is 9.97 Å². The van der Waals surface area contributed by atoms with Gasteiger partial charge in [0, 0.05) is 12.1 Å². The fourth-order valence-electron chi connectivity index (χ4n) is 3.28. The number of benzene rings is 2. The summed E-state index contributed by atoms with van der Waals surface area (Å²) in [5, 5.41) is 3.15. The summed E-state index contributed by atoms with van der Waals surface area (Å²) in [5.74, 6) is 0.808. The van der Waals surface area contributed by atoms with E-state index in [1.807, 2.05) is 48.5 Å². The number of rotatable bonds is 3. The lowest BCUT2D eigenvalue weighted by atomic mass is 9.82. The van der Waals surface area contributed by atoms with Crippen LogP contribution in [0.15, 0.2) is 60.7 Å². The number of fused-ring (bicyclic) bond motifs is 1. The molecule has 0 saturated heterocycles. The smallest absolute Gasteiger partial charge is 0.229 e. The summed E-state index contributed by atoms with van der Waals surface area (Å²) < 4.78 is 0. The predicted molar refractivity (Wildman–Crippen MR) is 98.0 cm³/mol. The molecule has 3 aromatic rings. The van der Waals surface area contributed by atoms with E-state index in [1.54, 1.807) is 0 Å². The molecule has 0 saturated carbocycles. The van der Waals surface area contributed by atoms with Crippen molar-refractivity contribution in [3.05, 3.63) is 77.5 Å². The molecule has 0 bridgehead atoms. The summed E-state index contributed by atoms with van der Waals surface area (Å²) >= 11 is 0. The minimum Gasteiger partial charge on any atom is -0.383 e. The zero-order chi connectivity index (χ0) is 17.2. The van der Waals surface area contributed by atoms with Gasteiger partial charge in [0.1, 0.15) is 5.82 Å². The number of para-hydroxylation sites is 1. The number of hydrogen-bond acceptors (Lipinski definition) is 5. The normalized spacial score (nSPS) is 16.3. The zero-order valence-corrected chi connectivity index (χ0v) is 13.6. The van der Waals surface area contributed by atoms with Gasteiger partial charge in [-0.3, -0.25) is 4.79 Å². The van der Waals surface area contributed by atoms with Crippen LogP contribution in [-0.2, 0) is 6.42 Å². The Morgan fingerprint density at radius 3 is 2.32 bits per heavy atom. The summed E-state index contributed by atoms with van der Waals surface area (Å²) in [7, 11) is 0. The van der Waals surface area contributed by atoms with Crippen molar-refractivity contribution in [3.63, 3.8) is 0 Å². The summed E-state index contributed by atoms with van der Waals surface area (Å²) in [4.78, 5) is 21.4. The van der Waals surface area contributed by atoms with Crippen LogP contribution in [0.25, 0.3) is 0 Å². The predicted octanol–water partition coefficient (Wildman–Crippen LogP) is 3.72. The van der Waals surface area contributed by atoms with Crippen molar-refractivity contribution in [2.24, 2.45) is 0 Å². The largest absolute Gasteiger partial charge is 0.383 e. The maximum Gasteiger partial charge on any atom is 0.229 e. The molecule has 5 heteroatoms. The molecule has 124 valence electrons. The Morgan fingerprint density at radius 1 is 0.920 bits per heavy atom. The van der Waals surface area contributed by atoms with Gasteiger partial charge >= 0.3 is 0 Å². The van der Waals surface area contributed by atoms with Crippen LogP contribution < -0.4 is 11.1 Å². The third-order valence-electron chi connectivity index (χ3n) is 4.46. The topological polar surface area (TPSA) is 80.9 Å². The molecule has 0 aliphatic heterocycles. The highest BCUT2D eigenvalue weighted by Gasteiger charge is 2.30. The average Bonchev–Trinajstić information content (AvgIpc) is 2.62. The van der Waals surface area contributed by atoms with Gasteiger partial charge in [-0.1, -0.05) is 48.5 Å². The molecular formula is C20H18N4O. The summed E-state index contributed by atoms with van der Waals surface area (Å²) in [6.45, 7) is 0. The van der Waals surface area contributed by atoms with Crippen LogP contribution in [0.5, 0.6) is 0 Å².